The number of rotatable bonds is 6. The summed E-state index contributed by atoms with van der Waals surface area (Å²) in [5.41, 5.74) is 7.68. The summed E-state index contributed by atoms with van der Waals surface area (Å²) >= 11 is 0. The fourth-order valence-corrected chi connectivity index (χ4v) is 4.57. The molecular formula is C29H23N5O2. The predicted octanol–water partition coefficient (Wildman–Crippen LogP) is 5.97. The Kier molecular flexibility index (Phi) is 5.50. The van der Waals surface area contributed by atoms with Crippen LogP contribution in [0.2, 0.25) is 0 Å². The third kappa shape index (κ3) is 4.22. The molecule has 1 aliphatic rings. The van der Waals surface area contributed by atoms with Gasteiger partial charge >= 0.3 is 0 Å². The smallest absolute Gasteiger partial charge is 0.231 e. The Hall–Kier alpha value is -4.78. The normalized spacial score (nSPS) is 12.5. The summed E-state index contributed by atoms with van der Waals surface area (Å²) in [5.74, 6) is 1.46. The van der Waals surface area contributed by atoms with Gasteiger partial charge < -0.3 is 10.1 Å². The Morgan fingerprint density at radius 2 is 1.72 bits per heavy atom. The Morgan fingerprint density at radius 1 is 0.889 bits per heavy atom. The molecule has 1 aliphatic carbocycles. The number of hydrogen-bond acceptors (Lipinski definition) is 5. The standard InChI is InChI=1S/C29H23N5O2/c1-18(20-11-14-27-22(15-20)16-21-5-2-3-8-26(21)27)29(35)30-23-6-4-7-25(17-23)36-24-12-9-19(10-13-24)28-31-33-34-32-28/h2-15,17-18H,16H2,1H3,(H,30,35)(H,31,32,33,34). The molecule has 1 atom stereocenters. The lowest BCUT2D eigenvalue weighted by Gasteiger charge is -2.15. The first-order valence-electron chi connectivity index (χ1n) is 11.8. The zero-order chi connectivity index (χ0) is 24.5. The molecule has 1 aromatic heterocycles. The highest BCUT2D eigenvalue weighted by Crippen LogP contribution is 2.38. The van der Waals surface area contributed by atoms with E-state index >= 15 is 0 Å². The van der Waals surface area contributed by atoms with E-state index in [1.807, 2.05) is 55.5 Å². The van der Waals surface area contributed by atoms with Crippen LogP contribution in [0, 0.1) is 0 Å². The van der Waals surface area contributed by atoms with Crippen molar-refractivity contribution >= 4 is 11.6 Å². The van der Waals surface area contributed by atoms with Crippen LogP contribution < -0.4 is 10.1 Å². The number of fused-ring (bicyclic) bond motifs is 3. The summed E-state index contributed by atoms with van der Waals surface area (Å²) in [6.45, 7) is 1.94. The van der Waals surface area contributed by atoms with Gasteiger partial charge in [0.1, 0.15) is 11.5 Å². The minimum Gasteiger partial charge on any atom is -0.457 e. The van der Waals surface area contributed by atoms with Crippen LogP contribution >= 0.6 is 0 Å². The van der Waals surface area contributed by atoms with Gasteiger partial charge in [-0.25, -0.2) is 0 Å². The van der Waals surface area contributed by atoms with Gasteiger partial charge in [-0.3, -0.25) is 4.79 Å². The number of anilines is 1. The number of amides is 1. The summed E-state index contributed by atoms with van der Waals surface area (Å²) in [6, 6.07) is 29.6. The Balaban J connectivity index is 1.13. The van der Waals surface area contributed by atoms with Gasteiger partial charge in [-0.2, -0.15) is 5.21 Å². The number of aromatic amines is 1. The number of hydrogen-bond donors (Lipinski definition) is 2. The lowest BCUT2D eigenvalue weighted by Crippen LogP contribution is -2.19. The fraction of sp³-hybridized carbons (Fsp3) is 0.103. The number of H-pyrrole nitrogens is 1. The van der Waals surface area contributed by atoms with Crippen LogP contribution in [-0.2, 0) is 11.2 Å². The van der Waals surface area contributed by atoms with E-state index in [1.54, 1.807) is 0 Å². The molecule has 6 rings (SSSR count). The highest BCUT2D eigenvalue weighted by atomic mass is 16.5. The zero-order valence-corrected chi connectivity index (χ0v) is 19.6. The van der Waals surface area contributed by atoms with Crippen LogP contribution in [0.5, 0.6) is 11.5 Å². The van der Waals surface area contributed by atoms with E-state index in [9.17, 15) is 4.79 Å². The van der Waals surface area contributed by atoms with Crippen LogP contribution in [-0.4, -0.2) is 26.5 Å². The van der Waals surface area contributed by atoms with E-state index in [1.165, 1.54) is 22.3 Å². The second kappa shape index (κ2) is 9.11. The summed E-state index contributed by atoms with van der Waals surface area (Å²) < 4.78 is 5.98. The predicted molar refractivity (Wildman–Crippen MR) is 138 cm³/mol. The Morgan fingerprint density at radius 3 is 2.56 bits per heavy atom. The van der Waals surface area contributed by atoms with Crippen LogP contribution in [0.15, 0.2) is 91.0 Å². The molecule has 1 amide bonds. The largest absolute Gasteiger partial charge is 0.457 e. The Labute approximate surface area is 208 Å². The molecule has 7 heteroatoms. The highest BCUT2D eigenvalue weighted by Gasteiger charge is 2.21. The van der Waals surface area contributed by atoms with Gasteiger partial charge in [0.15, 0.2) is 0 Å². The number of aromatic nitrogens is 4. The maximum absolute atomic E-state index is 13.1. The first kappa shape index (κ1) is 21.7. The molecule has 0 fully saturated rings. The van der Waals surface area contributed by atoms with Gasteiger partial charge in [0, 0.05) is 17.3 Å². The Bertz CT molecular complexity index is 1540. The van der Waals surface area contributed by atoms with Crippen molar-refractivity contribution in [3.63, 3.8) is 0 Å². The summed E-state index contributed by atoms with van der Waals surface area (Å²) in [4.78, 5) is 13.1. The van der Waals surface area contributed by atoms with E-state index in [2.05, 4.69) is 68.4 Å². The molecule has 0 saturated carbocycles. The van der Waals surface area contributed by atoms with E-state index in [0.717, 1.165) is 17.5 Å². The lowest BCUT2D eigenvalue weighted by atomic mass is 9.95. The van der Waals surface area contributed by atoms with Crippen molar-refractivity contribution in [1.82, 2.24) is 20.6 Å². The second-order valence-electron chi connectivity index (χ2n) is 8.85. The SMILES string of the molecule is CC(C(=O)Nc1cccc(Oc2ccc(-c3nn[nH]n3)cc2)c1)c1ccc2c(c1)Cc1ccccc1-2. The molecular weight excluding hydrogens is 450 g/mol. The van der Waals surface area contributed by atoms with Crippen molar-refractivity contribution in [3.05, 3.63) is 108 Å². The average molecular weight is 474 g/mol. The van der Waals surface area contributed by atoms with Gasteiger partial charge in [0.05, 0.1) is 5.92 Å². The molecule has 0 aliphatic heterocycles. The van der Waals surface area contributed by atoms with Crippen LogP contribution in [0.1, 0.15) is 29.5 Å². The maximum atomic E-state index is 13.1. The highest BCUT2D eigenvalue weighted by molar-refractivity contribution is 5.96. The number of nitrogens with one attached hydrogen (secondary N) is 2. The molecule has 36 heavy (non-hydrogen) atoms. The minimum atomic E-state index is -0.290. The quantitative estimate of drug-likeness (QED) is 0.311. The molecule has 176 valence electrons. The van der Waals surface area contributed by atoms with E-state index in [-0.39, 0.29) is 11.8 Å². The number of carbonyl (C=O) groups is 1. The third-order valence-electron chi connectivity index (χ3n) is 6.51. The first-order chi connectivity index (χ1) is 17.6. The van der Waals surface area contributed by atoms with Crippen LogP contribution in [0.4, 0.5) is 5.69 Å². The number of carbonyl (C=O) groups excluding carboxylic acids is 1. The molecule has 5 aromatic rings. The third-order valence-corrected chi connectivity index (χ3v) is 6.51. The van der Waals surface area contributed by atoms with Crippen LogP contribution in [0.25, 0.3) is 22.5 Å². The molecule has 0 bridgehead atoms. The molecule has 0 radical (unpaired) electrons. The van der Waals surface area contributed by atoms with Gasteiger partial charge in [-0.05, 0) is 82.8 Å². The molecule has 4 aromatic carbocycles. The number of nitrogens with zero attached hydrogens (tertiary/aromatic N) is 3. The van der Waals surface area contributed by atoms with Gasteiger partial charge in [-0.1, -0.05) is 48.5 Å². The van der Waals surface area contributed by atoms with Gasteiger partial charge in [-0.15, -0.1) is 10.2 Å². The maximum Gasteiger partial charge on any atom is 0.231 e. The van der Waals surface area contributed by atoms with Crippen molar-refractivity contribution in [1.29, 1.82) is 0 Å². The topological polar surface area (TPSA) is 92.8 Å². The van der Waals surface area contributed by atoms with Crippen molar-refractivity contribution in [2.75, 3.05) is 5.32 Å². The summed E-state index contributed by atoms with van der Waals surface area (Å²) in [6.07, 6.45) is 0.906. The second-order valence-corrected chi connectivity index (χ2v) is 8.85. The lowest BCUT2D eigenvalue weighted by molar-refractivity contribution is -0.117. The summed E-state index contributed by atoms with van der Waals surface area (Å²) in [5, 5.41) is 17.0. The van der Waals surface area contributed by atoms with Gasteiger partial charge in [0.2, 0.25) is 11.7 Å². The number of ether oxygens (including phenoxy) is 1. The monoisotopic (exact) mass is 473 g/mol. The zero-order valence-electron chi connectivity index (χ0n) is 19.6. The summed E-state index contributed by atoms with van der Waals surface area (Å²) in [7, 11) is 0. The molecule has 1 heterocycles. The van der Waals surface area contributed by atoms with Crippen molar-refractivity contribution < 1.29 is 9.53 Å². The first-order valence-corrected chi connectivity index (χ1v) is 11.8. The molecule has 1 unspecified atom stereocenters. The molecule has 0 saturated heterocycles. The van der Waals surface area contributed by atoms with Crippen molar-refractivity contribution in [3.8, 4) is 34.0 Å². The van der Waals surface area contributed by atoms with Crippen molar-refractivity contribution in [2.24, 2.45) is 0 Å². The molecule has 2 N–H and O–H groups in total. The van der Waals surface area contributed by atoms with Crippen LogP contribution in [0.3, 0.4) is 0 Å². The van der Waals surface area contributed by atoms with E-state index in [4.69, 9.17) is 4.74 Å². The molecule has 0 spiro atoms. The minimum absolute atomic E-state index is 0.0629. The van der Waals surface area contributed by atoms with Gasteiger partial charge in [0.25, 0.3) is 0 Å². The fourth-order valence-electron chi connectivity index (χ4n) is 4.57. The molecule has 7 nitrogen and oxygen atoms in total. The average Bonchev–Trinajstić information content (AvgIpc) is 3.57. The number of tetrazole rings is 1. The number of benzene rings is 4. The van der Waals surface area contributed by atoms with Crippen molar-refractivity contribution in [2.45, 2.75) is 19.3 Å². The van der Waals surface area contributed by atoms with E-state index in [0.29, 0.717) is 23.0 Å². The van der Waals surface area contributed by atoms with E-state index < -0.39 is 0 Å².